The van der Waals surface area contributed by atoms with Gasteiger partial charge in [0.2, 0.25) is 0 Å². The topological polar surface area (TPSA) is 66.6 Å². The van der Waals surface area contributed by atoms with Crippen LogP contribution in [0, 0.1) is 0 Å². The Balaban J connectivity index is 2.09. The number of nitrogens with one attached hydrogen (secondary N) is 1. The lowest BCUT2D eigenvalue weighted by Gasteiger charge is -2.22. The fourth-order valence-corrected chi connectivity index (χ4v) is 2.44. The molecule has 0 aromatic carbocycles. The zero-order valence-corrected chi connectivity index (χ0v) is 9.97. The molecule has 2 aromatic rings. The predicted octanol–water partition coefficient (Wildman–Crippen LogP) is 0.867. The van der Waals surface area contributed by atoms with Gasteiger partial charge >= 0.3 is 0 Å². The zero-order chi connectivity index (χ0) is 12.5. The van der Waals surface area contributed by atoms with Gasteiger partial charge in [-0.25, -0.2) is 4.98 Å². The Labute approximate surface area is 104 Å². The monoisotopic (exact) mass is 245 g/mol. The summed E-state index contributed by atoms with van der Waals surface area (Å²) in [5.41, 5.74) is 1.32. The molecule has 0 aliphatic carbocycles. The molecule has 1 saturated heterocycles. The Kier molecular flexibility index (Phi) is 2.76. The molecule has 0 spiro atoms. The summed E-state index contributed by atoms with van der Waals surface area (Å²) in [6.07, 6.45) is 3.43. The van der Waals surface area contributed by atoms with Crippen LogP contribution < -0.4 is 10.9 Å². The number of aromatic hydroxyl groups is 1. The largest absolute Gasteiger partial charge is 0.506 e. The fourth-order valence-electron chi connectivity index (χ4n) is 2.44. The quantitative estimate of drug-likeness (QED) is 0.782. The smallest absolute Gasteiger partial charge is 0.258 e. The molecule has 0 unspecified atom stereocenters. The minimum absolute atomic E-state index is 0.0704. The second-order valence-electron chi connectivity index (χ2n) is 4.66. The van der Waals surface area contributed by atoms with E-state index in [9.17, 15) is 9.90 Å². The highest BCUT2D eigenvalue weighted by Gasteiger charge is 2.17. The van der Waals surface area contributed by atoms with Crippen LogP contribution in [-0.2, 0) is 0 Å². The lowest BCUT2D eigenvalue weighted by Crippen LogP contribution is -2.28. The third-order valence-electron chi connectivity index (χ3n) is 3.42. The molecule has 3 heterocycles. The van der Waals surface area contributed by atoms with E-state index >= 15 is 0 Å². The van der Waals surface area contributed by atoms with E-state index < -0.39 is 0 Å². The molecule has 1 aliphatic rings. The number of nitrogens with zero attached hydrogens (tertiary/aromatic N) is 2. The van der Waals surface area contributed by atoms with Crippen LogP contribution in [0.4, 0.5) is 0 Å². The van der Waals surface area contributed by atoms with Gasteiger partial charge in [-0.2, -0.15) is 0 Å². The molecule has 1 aliphatic heterocycles. The molecule has 0 saturated carbocycles. The molecule has 2 N–H and O–H groups in total. The number of aromatic nitrogens is 2. The molecule has 3 rings (SSSR count). The van der Waals surface area contributed by atoms with Crippen LogP contribution in [0.2, 0.25) is 0 Å². The van der Waals surface area contributed by atoms with Gasteiger partial charge in [0.1, 0.15) is 11.4 Å². The Morgan fingerprint density at radius 3 is 2.89 bits per heavy atom. The number of rotatable bonds is 1. The standard InChI is InChI=1S/C13H15N3O2/c17-10-1-2-12-15-11(7-13(18)16(12)8-10)9-3-5-14-6-4-9/h1-2,7-9,14,17H,3-6H2. The highest BCUT2D eigenvalue weighted by molar-refractivity contribution is 5.42. The second kappa shape index (κ2) is 4.42. The minimum Gasteiger partial charge on any atom is -0.506 e. The second-order valence-corrected chi connectivity index (χ2v) is 4.66. The normalized spacial score (nSPS) is 17.1. The van der Waals surface area contributed by atoms with Crippen molar-refractivity contribution in [2.24, 2.45) is 0 Å². The molecule has 2 aromatic heterocycles. The molecular weight excluding hydrogens is 230 g/mol. The SMILES string of the molecule is O=c1cc(C2CCNCC2)nc2ccc(O)cn12. The molecule has 0 amide bonds. The van der Waals surface area contributed by atoms with Gasteiger partial charge in [-0.05, 0) is 38.1 Å². The Bertz CT molecular complexity index is 630. The fraction of sp³-hybridized carbons (Fsp3) is 0.385. The summed E-state index contributed by atoms with van der Waals surface area (Å²) in [5, 5.41) is 12.7. The molecule has 0 bridgehead atoms. The van der Waals surface area contributed by atoms with E-state index in [1.807, 2.05) is 0 Å². The van der Waals surface area contributed by atoms with Crippen LogP contribution in [0.5, 0.6) is 5.75 Å². The van der Waals surface area contributed by atoms with Crippen molar-refractivity contribution in [3.8, 4) is 5.75 Å². The van der Waals surface area contributed by atoms with E-state index in [2.05, 4.69) is 10.3 Å². The summed E-state index contributed by atoms with van der Waals surface area (Å²) in [4.78, 5) is 16.5. The van der Waals surface area contributed by atoms with Crippen LogP contribution >= 0.6 is 0 Å². The van der Waals surface area contributed by atoms with Gasteiger partial charge in [0.05, 0.1) is 11.9 Å². The van der Waals surface area contributed by atoms with Gasteiger partial charge in [0.25, 0.3) is 5.56 Å². The van der Waals surface area contributed by atoms with E-state index in [1.54, 1.807) is 18.2 Å². The zero-order valence-electron chi connectivity index (χ0n) is 9.97. The van der Waals surface area contributed by atoms with Crippen LogP contribution in [-0.4, -0.2) is 27.6 Å². The van der Waals surface area contributed by atoms with Gasteiger partial charge < -0.3 is 10.4 Å². The lowest BCUT2D eigenvalue weighted by molar-refractivity contribution is 0.452. The Hall–Kier alpha value is -1.88. The molecule has 18 heavy (non-hydrogen) atoms. The van der Waals surface area contributed by atoms with Gasteiger partial charge in [0.15, 0.2) is 0 Å². The summed E-state index contributed by atoms with van der Waals surface area (Å²) in [7, 11) is 0. The van der Waals surface area contributed by atoms with Crippen molar-refractivity contribution < 1.29 is 5.11 Å². The maximum absolute atomic E-state index is 12.0. The summed E-state index contributed by atoms with van der Waals surface area (Å²) in [5.74, 6) is 0.429. The summed E-state index contributed by atoms with van der Waals surface area (Å²) in [6, 6.07) is 4.80. The van der Waals surface area contributed by atoms with Crippen molar-refractivity contribution in [1.82, 2.24) is 14.7 Å². The molecule has 0 atom stereocenters. The van der Waals surface area contributed by atoms with Crippen molar-refractivity contribution in [2.45, 2.75) is 18.8 Å². The lowest BCUT2D eigenvalue weighted by atomic mass is 9.94. The van der Waals surface area contributed by atoms with Crippen molar-refractivity contribution in [3.05, 3.63) is 40.4 Å². The van der Waals surface area contributed by atoms with Crippen LogP contribution in [0.25, 0.3) is 5.65 Å². The van der Waals surface area contributed by atoms with Crippen LogP contribution in [0.1, 0.15) is 24.5 Å². The number of piperidine rings is 1. The van der Waals surface area contributed by atoms with Crippen molar-refractivity contribution >= 4 is 5.65 Å². The van der Waals surface area contributed by atoms with E-state index in [0.717, 1.165) is 31.6 Å². The first-order valence-electron chi connectivity index (χ1n) is 6.17. The summed E-state index contributed by atoms with van der Waals surface area (Å²) in [6.45, 7) is 1.95. The molecule has 5 heteroatoms. The molecular formula is C13H15N3O2. The first kappa shape index (κ1) is 11.2. The minimum atomic E-state index is -0.135. The highest BCUT2D eigenvalue weighted by atomic mass is 16.3. The third-order valence-corrected chi connectivity index (χ3v) is 3.42. The Morgan fingerprint density at radius 1 is 1.33 bits per heavy atom. The van der Waals surface area contributed by atoms with Crippen molar-refractivity contribution in [2.75, 3.05) is 13.1 Å². The first-order chi connectivity index (χ1) is 8.74. The molecule has 5 nitrogen and oxygen atoms in total. The average molecular weight is 245 g/mol. The summed E-state index contributed by atoms with van der Waals surface area (Å²) < 4.78 is 1.37. The molecule has 94 valence electrons. The molecule has 0 radical (unpaired) electrons. The van der Waals surface area contributed by atoms with E-state index in [4.69, 9.17) is 0 Å². The average Bonchev–Trinajstić information content (AvgIpc) is 2.40. The van der Waals surface area contributed by atoms with Gasteiger partial charge in [0, 0.05) is 12.0 Å². The third kappa shape index (κ3) is 1.97. The number of fused-ring (bicyclic) bond motifs is 1. The van der Waals surface area contributed by atoms with Gasteiger partial charge in [-0.1, -0.05) is 0 Å². The molecule has 1 fully saturated rings. The predicted molar refractivity (Wildman–Crippen MR) is 68.0 cm³/mol. The first-order valence-corrected chi connectivity index (χ1v) is 6.17. The van der Waals surface area contributed by atoms with Crippen molar-refractivity contribution in [1.29, 1.82) is 0 Å². The maximum Gasteiger partial charge on any atom is 0.258 e. The van der Waals surface area contributed by atoms with Crippen molar-refractivity contribution in [3.63, 3.8) is 0 Å². The van der Waals surface area contributed by atoms with E-state index in [-0.39, 0.29) is 11.3 Å². The summed E-state index contributed by atoms with van der Waals surface area (Å²) >= 11 is 0. The highest BCUT2D eigenvalue weighted by Crippen LogP contribution is 2.23. The number of pyridine rings is 1. The van der Waals surface area contributed by atoms with E-state index in [1.165, 1.54) is 10.6 Å². The maximum atomic E-state index is 12.0. The Morgan fingerprint density at radius 2 is 2.11 bits per heavy atom. The van der Waals surface area contributed by atoms with E-state index in [0.29, 0.717) is 11.6 Å². The van der Waals surface area contributed by atoms with Gasteiger partial charge in [-0.3, -0.25) is 9.20 Å². The van der Waals surface area contributed by atoms with Gasteiger partial charge in [-0.15, -0.1) is 0 Å². The number of hydrogen-bond acceptors (Lipinski definition) is 4. The van der Waals surface area contributed by atoms with Crippen LogP contribution in [0.15, 0.2) is 29.2 Å². The van der Waals surface area contributed by atoms with Crippen LogP contribution in [0.3, 0.4) is 0 Å². The number of hydrogen-bond donors (Lipinski definition) is 2.